The van der Waals surface area contributed by atoms with Gasteiger partial charge in [-0.15, -0.1) is 5.10 Å². The van der Waals surface area contributed by atoms with Crippen molar-refractivity contribution in [2.24, 2.45) is 5.92 Å². The van der Waals surface area contributed by atoms with Gasteiger partial charge >= 0.3 is 0 Å². The first-order valence-electron chi connectivity index (χ1n) is 13.9. The van der Waals surface area contributed by atoms with Crippen LogP contribution in [0.5, 0.6) is 0 Å². The number of piperidine rings is 1. The van der Waals surface area contributed by atoms with Gasteiger partial charge in [-0.1, -0.05) is 5.21 Å². The van der Waals surface area contributed by atoms with Gasteiger partial charge in [0.2, 0.25) is 0 Å². The fourth-order valence-electron chi connectivity index (χ4n) is 5.90. The van der Waals surface area contributed by atoms with E-state index in [1.165, 1.54) is 50.8 Å². The van der Waals surface area contributed by atoms with Gasteiger partial charge in [0.15, 0.2) is 5.54 Å². The van der Waals surface area contributed by atoms with Crippen LogP contribution in [0.1, 0.15) is 44.2 Å². The Balaban J connectivity index is 1.08. The minimum atomic E-state index is -0.417. The van der Waals surface area contributed by atoms with Gasteiger partial charge in [0, 0.05) is 44.0 Å². The number of nitrogens with one attached hydrogen (secondary N) is 1. The van der Waals surface area contributed by atoms with Crippen molar-refractivity contribution in [1.82, 2.24) is 30.3 Å². The lowest BCUT2D eigenvalue weighted by atomic mass is 9.92. The predicted octanol–water partition coefficient (Wildman–Crippen LogP) is 3.08. The molecule has 7 rings (SSSR count). The molecule has 3 aromatic rings. The summed E-state index contributed by atoms with van der Waals surface area (Å²) in [5, 5.41) is 12.8. The third-order valence-electron chi connectivity index (χ3n) is 8.51. The number of hydrogen-bond acceptors (Lipinski definition) is 8. The maximum Gasteiger partial charge on any atom is 0.152 e. The molecule has 4 aliphatic rings. The molecule has 0 radical (unpaired) electrons. The zero-order valence-corrected chi connectivity index (χ0v) is 21.4. The molecule has 6 heterocycles. The molecule has 1 aliphatic carbocycles. The van der Waals surface area contributed by atoms with Gasteiger partial charge in [-0.2, -0.15) is 0 Å². The molecule has 1 N–H and O–H groups in total. The Morgan fingerprint density at radius 3 is 2.57 bits per heavy atom. The maximum absolute atomic E-state index is 5.69. The van der Waals surface area contributed by atoms with Crippen molar-refractivity contribution in [1.29, 1.82) is 0 Å². The van der Waals surface area contributed by atoms with Crippen molar-refractivity contribution in [3.05, 3.63) is 48.7 Å². The summed E-state index contributed by atoms with van der Waals surface area (Å²) in [6, 6.07) is 7.12. The van der Waals surface area contributed by atoms with Gasteiger partial charge in [-0.05, 0) is 69.2 Å². The van der Waals surface area contributed by atoms with Crippen molar-refractivity contribution in [3.63, 3.8) is 0 Å². The number of ether oxygens (including phenoxy) is 1. The van der Waals surface area contributed by atoms with E-state index in [4.69, 9.17) is 9.72 Å². The Labute approximate surface area is 218 Å². The number of rotatable bonds is 8. The molecule has 3 aromatic heterocycles. The Kier molecular flexibility index (Phi) is 6.05. The highest BCUT2D eigenvalue weighted by atomic mass is 16.5. The maximum atomic E-state index is 5.69. The minimum absolute atomic E-state index is 0.417. The zero-order chi connectivity index (χ0) is 24.7. The molecule has 1 atom stereocenters. The summed E-state index contributed by atoms with van der Waals surface area (Å²) in [5.74, 6) is 0.916. The fourth-order valence-corrected chi connectivity index (χ4v) is 5.90. The summed E-state index contributed by atoms with van der Waals surface area (Å²) >= 11 is 0. The van der Waals surface area contributed by atoms with Crippen LogP contribution in [-0.2, 0) is 10.3 Å². The van der Waals surface area contributed by atoms with Crippen LogP contribution in [0.15, 0.2) is 43.0 Å². The molecule has 1 saturated carbocycles. The molecule has 0 unspecified atom stereocenters. The minimum Gasteiger partial charge on any atom is -0.375 e. The smallest absolute Gasteiger partial charge is 0.152 e. The average Bonchev–Trinajstić information content (AvgIpc) is 3.36. The van der Waals surface area contributed by atoms with Crippen molar-refractivity contribution in [3.8, 4) is 11.3 Å². The van der Waals surface area contributed by atoms with Crippen molar-refractivity contribution >= 4 is 11.4 Å². The number of anilines is 2. The van der Waals surface area contributed by atoms with E-state index in [-0.39, 0.29) is 0 Å². The largest absolute Gasteiger partial charge is 0.375 e. The summed E-state index contributed by atoms with van der Waals surface area (Å²) in [6.45, 7) is 6.60. The predicted molar refractivity (Wildman–Crippen MR) is 143 cm³/mol. The lowest BCUT2D eigenvalue weighted by Gasteiger charge is -2.40. The lowest BCUT2D eigenvalue weighted by Crippen LogP contribution is -2.53. The standard InChI is InChI=1S/C28H36N8O/c1-2-10-34(9-1)25-12-22(14-29-15-25)26-18-36(33-32-26)28(19-37-20-28)27-8-7-24(16-31-27)35-11-3-4-23(17-35)30-13-21-5-6-21/h7-8,12,14-16,18,21,23,30H,1-6,9-11,13,17,19-20H2/t23-/m1/s1. The van der Waals surface area contributed by atoms with E-state index < -0.39 is 5.54 Å². The van der Waals surface area contributed by atoms with Crippen LogP contribution in [0.3, 0.4) is 0 Å². The number of nitrogens with zero attached hydrogens (tertiary/aromatic N) is 7. The summed E-state index contributed by atoms with van der Waals surface area (Å²) in [7, 11) is 0. The van der Waals surface area contributed by atoms with E-state index in [1.807, 2.05) is 29.5 Å². The molecule has 37 heavy (non-hydrogen) atoms. The highest BCUT2D eigenvalue weighted by Gasteiger charge is 2.45. The Morgan fingerprint density at radius 1 is 0.946 bits per heavy atom. The highest BCUT2D eigenvalue weighted by molar-refractivity contribution is 5.63. The molecular weight excluding hydrogens is 464 g/mol. The lowest BCUT2D eigenvalue weighted by molar-refractivity contribution is -0.0851. The normalized spacial score (nSPS) is 23.3. The van der Waals surface area contributed by atoms with Crippen LogP contribution in [0.25, 0.3) is 11.3 Å². The molecule has 9 heteroatoms. The van der Waals surface area contributed by atoms with E-state index >= 15 is 0 Å². The Bertz CT molecular complexity index is 1210. The number of hydrogen-bond donors (Lipinski definition) is 1. The van der Waals surface area contributed by atoms with Crippen molar-refractivity contribution < 1.29 is 4.74 Å². The third-order valence-corrected chi connectivity index (χ3v) is 8.51. The summed E-state index contributed by atoms with van der Waals surface area (Å²) in [6.07, 6.45) is 15.6. The first kappa shape index (κ1) is 23.1. The first-order chi connectivity index (χ1) is 18.3. The van der Waals surface area contributed by atoms with Crippen LogP contribution >= 0.6 is 0 Å². The quantitative estimate of drug-likeness (QED) is 0.505. The zero-order valence-electron chi connectivity index (χ0n) is 21.4. The number of pyridine rings is 2. The monoisotopic (exact) mass is 500 g/mol. The summed E-state index contributed by atoms with van der Waals surface area (Å²) < 4.78 is 7.63. The van der Waals surface area contributed by atoms with Gasteiger partial charge in [0.05, 0.1) is 48.9 Å². The van der Waals surface area contributed by atoms with Gasteiger partial charge in [-0.25, -0.2) is 4.68 Å². The SMILES string of the molecule is c1ncc(N2CCCC2)cc1-c1cn(C2(c3ccc(N4CCC[C@@H](NCC5CC5)C4)cn3)COC2)nn1. The van der Waals surface area contributed by atoms with Crippen molar-refractivity contribution in [2.75, 3.05) is 55.7 Å². The Hall–Kier alpha value is -3.04. The number of aromatic nitrogens is 5. The van der Waals surface area contributed by atoms with Crippen LogP contribution in [0.4, 0.5) is 11.4 Å². The molecule has 0 bridgehead atoms. The van der Waals surface area contributed by atoms with E-state index in [0.717, 1.165) is 54.7 Å². The van der Waals surface area contributed by atoms with Crippen LogP contribution < -0.4 is 15.1 Å². The summed E-state index contributed by atoms with van der Waals surface area (Å²) in [4.78, 5) is 14.3. The van der Waals surface area contributed by atoms with E-state index in [1.54, 1.807) is 0 Å². The van der Waals surface area contributed by atoms with Crippen LogP contribution in [-0.4, -0.2) is 76.9 Å². The van der Waals surface area contributed by atoms with Crippen LogP contribution in [0.2, 0.25) is 0 Å². The molecule has 4 fully saturated rings. The topological polar surface area (TPSA) is 84.2 Å². The Morgan fingerprint density at radius 2 is 1.81 bits per heavy atom. The molecule has 0 aromatic carbocycles. The molecule has 3 aliphatic heterocycles. The second kappa shape index (κ2) is 9.68. The molecule has 3 saturated heterocycles. The molecule has 194 valence electrons. The van der Waals surface area contributed by atoms with E-state index in [9.17, 15) is 0 Å². The first-order valence-corrected chi connectivity index (χ1v) is 13.9. The van der Waals surface area contributed by atoms with E-state index in [2.05, 4.69) is 48.6 Å². The summed E-state index contributed by atoms with van der Waals surface area (Å²) in [5.41, 5.74) is 4.73. The van der Waals surface area contributed by atoms with Gasteiger partial charge in [-0.3, -0.25) is 9.97 Å². The highest BCUT2D eigenvalue weighted by Crippen LogP contribution is 2.35. The molecule has 0 spiro atoms. The van der Waals surface area contributed by atoms with E-state index in [0.29, 0.717) is 19.3 Å². The third kappa shape index (κ3) is 4.59. The average molecular weight is 501 g/mol. The molecule has 0 amide bonds. The van der Waals surface area contributed by atoms with Gasteiger partial charge in [0.1, 0.15) is 5.69 Å². The fraction of sp³-hybridized carbons (Fsp3) is 0.571. The second-order valence-corrected chi connectivity index (χ2v) is 11.2. The molecule has 9 nitrogen and oxygen atoms in total. The van der Waals surface area contributed by atoms with Crippen molar-refractivity contribution in [2.45, 2.75) is 50.1 Å². The van der Waals surface area contributed by atoms with Crippen LogP contribution in [0, 0.1) is 5.92 Å². The van der Waals surface area contributed by atoms with Gasteiger partial charge < -0.3 is 19.9 Å². The van der Waals surface area contributed by atoms with Gasteiger partial charge in [0.25, 0.3) is 0 Å². The second-order valence-electron chi connectivity index (χ2n) is 11.2. The molecular formula is C28H36N8O.